The van der Waals surface area contributed by atoms with E-state index in [4.69, 9.17) is 14.7 Å². The molecule has 5 aromatic carbocycles. The van der Waals surface area contributed by atoms with Crippen LogP contribution in [0, 0.1) is 0 Å². The standard InChI is InChI=1S/C37H28N2O/c1-37(2)33-19-10-9-18-30(33)31-21-20-28(23-34(31)40-37)27-16-11-17-29(22-27)35-32(25-12-5-3-6-13-25)24-38-36(39-35)26-14-7-4-8-15-26/h3-24H,1-2H3. The summed E-state index contributed by atoms with van der Waals surface area (Å²) in [6, 6.07) is 44.1. The largest absolute Gasteiger partial charge is 0.482 e. The molecular formula is C37H28N2O. The minimum Gasteiger partial charge on any atom is -0.482 e. The van der Waals surface area contributed by atoms with Gasteiger partial charge in [-0.1, -0.05) is 115 Å². The molecule has 40 heavy (non-hydrogen) atoms. The highest BCUT2D eigenvalue weighted by molar-refractivity contribution is 5.85. The fourth-order valence-corrected chi connectivity index (χ4v) is 5.58. The number of nitrogens with zero attached hydrogens (tertiary/aromatic N) is 2. The molecule has 0 fully saturated rings. The van der Waals surface area contributed by atoms with E-state index in [1.165, 1.54) is 11.1 Å². The molecule has 0 unspecified atom stereocenters. The van der Waals surface area contributed by atoms with Crippen molar-refractivity contribution in [3.63, 3.8) is 0 Å². The van der Waals surface area contributed by atoms with Crippen molar-refractivity contribution in [3.05, 3.63) is 139 Å². The molecule has 0 aliphatic carbocycles. The second-order valence-electron chi connectivity index (χ2n) is 10.6. The second-order valence-corrected chi connectivity index (χ2v) is 10.6. The molecule has 0 saturated carbocycles. The summed E-state index contributed by atoms with van der Waals surface area (Å²) >= 11 is 0. The molecule has 1 aromatic heterocycles. The number of hydrogen-bond acceptors (Lipinski definition) is 3. The molecule has 6 aromatic rings. The monoisotopic (exact) mass is 516 g/mol. The van der Waals surface area contributed by atoms with Gasteiger partial charge in [0.2, 0.25) is 0 Å². The summed E-state index contributed by atoms with van der Waals surface area (Å²) in [6.45, 7) is 4.26. The summed E-state index contributed by atoms with van der Waals surface area (Å²) in [6.07, 6.45) is 1.94. The lowest BCUT2D eigenvalue weighted by Crippen LogP contribution is -2.29. The van der Waals surface area contributed by atoms with Crippen LogP contribution in [-0.4, -0.2) is 9.97 Å². The van der Waals surface area contributed by atoms with Gasteiger partial charge in [-0.25, -0.2) is 9.97 Å². The third-order valence-electron chi connectivity index (χ3n) is 7.59. The molecule has 2 heterocycles. The molecule has 0 bridgehead atoms. The van der Waals surface area contributed by atoms with Crippen LogP contribution in [-0.2, 0) is 5.60 Å². The Morgan fingerprint density at radius 3 is 1.98 bits per heavy atom. The van der Waals surface area contributed by atoms with Crippen LogP contribution in [0.15, 0.2) is 134 Å². The highest BCUT2D eigenvalue weighted by Gasteiger charge is 2.32. The van der Waals surface area contributed by atoms with E-state index in [2.05, 4.69) is 92.7 Å². The van der Waals surface area contributed by atoms with E-state index in [1.54, 1.807) is 0 Å². The van der Waals surface area contributed by atoms with E-state index in [9.17, 15) is 0 Å². The second kappa shape index (κ2) is 9.62. The third-order valence-corrected chi connectivity index (χ3v) is 7.59. The van der Waals surface area contributed by atoms with Crippen LogP contribution >= 0.6 is 0 Å². The summed E-state index contributed by atoms with van der Waals surface area (Å²) < 4.78 is 6.54. The van der Waals surface area contributed by atoms with E-state index in [0.717, 1.165) is 50.4 Å². The quantitative estimate of drug-likeness (QED) is 0.234. The van der Waals surface area contributed by atoms with Crippen LogP contribution in [0.1, 0.15) is 19.4 Å². The molecule has 0 saturated heterocycles. The van der Waals surface area contributed by atoms with Crippen molar-refractivity contribution >= 4 is 0 Å². The molecule has 1 aliphatic rings. The molecule has 1 aliphatic heterocycles. The number of hydrogen-bond donors (Lipinski definition) is 0. The van der Waals surface area contributed by atoms with E-state index in [1.807, 2.05) is 54.7 Å². The molecule has 3 nitrogen and oxygen atoms in total. The third kappa shape index (κ3) is 4.26. The van der Waals surface area contributed by atoms with Gasteiger partial charge in [-0.15, -0.1) is 0 Å². The van der Waals surface area contributed by atoms with Crippen molar-refractivity contribution in [2.75, 3.05) is 0 Å². The van der Waals surface area contributed by atoms with E-state index in [-0.39, 0.29) is 0 Å². The zero-order chi connectivity index (χ0) is 27.1. The SMILES string of the molecule is CC1(C)Oc2cc(-c3cccc(-c4nc(-c5ccccc5)ncc4-c4ccccc4)c3)ccc2-c2ccccc21. The van der Waals surface area contributed by atoms with Gasteiger partial charge in [0.1, 0.15) is 11.4 Å². The summed E-state index contributed by atoms with van der Waals surface area (Å²) in [7, 11) is 0. The first-order chi connectivity index (χ1) is 19.6. The van der Waals surface area contributed by atoms with E-state index >= 15 is 0 Å². The Morgan fingerprint density at radius 1 is 0.525 bits per heavy atom. The van der Waals surface area contributed by atoms with Crippen LogP contribution in [0.3, 0.4) is 0 Å². The van der Waals surface area contributed by atoms with Crippen molar-refractivity contribution in [1.29, 1.82) is 0 Å². The van der Waals surface area contributed by atoms with Crippen LogP contribution < -0.4 is 4.74 Å². The average molecular weight is 517 g/mol. The molecule has 192 valence electrons. The lowest BCUT2D eigenvalue weighted by molar-refractivity contribution is 0.106. The average Bonchev–Trinajstić information content (AvgIpc) is 3.01. The molecule has 0 radical (unpaired) electrons. The van der Waals surface area contributed by atoms with Crippen LogP contribution in [0.4, 0.5) is 0 Å². The molecule has 0 atom stereocenters. The molecule has 0 spiro atoms. The van der Waals surface area contributed by atoms with Gasteiger partial charge in [0.15, 0.2) is 5.82 Å². The Balaban J connectivity index is 1.35. The zero-order valence-electron chi connectivity index (χ0n) is 22.5. The fourth-order valence-electron chi connectivity index (χ4n) is 5.58. The van der Waals surface area contributed by atoms with Gasteiger partial charge in [-0.3, -0.25) is 0 Å². The maximum Gasteiger partial charge on any atom is 0.159 e. The first-order valence-corrected chi connectivity index (χ1v) is 13.6. The summed E-state index contributed by atoms with van der Waals surface area (Å²) in [5.74, 6) is 1.62. The highest BCUT2D eigenvalue weighted by atomic mass is 16.5. The predicted molar refractivity (Wildman–Crippen MR) is 163 cm³/mol. The molecule has 7 rings (SSSR count). The predicted octanol–water partition coefficient (Wildman–Crippen LogP) is 9.44. The van der Waals surface area contributed by atoms with Gasteiger partial charge >= 0.3 is 0 Å². The van der Waals surface area contributed by atoms with Gasteiger partial charge in [0, 0.05) is 34.0 Å². The molecule has 0 amide bonds. The van der Waals surface area contributed by atoms with Crippen molar-refractivity contribution in [2.45, 2.75) is 19.4 Å². The fraction of sp³-hybridized carbons (Fsp3) is 0.0811. The van der Waals surface area contributed by atoms with E-state index < -0.39 is 5.60 Å². The van der Waals surface area contributed by atoms with Crippen LogP contribution in [0.25, 0.3) is 56.0 Å². The van der Waals surface area contributed by atoms with E-state index in [0.29, 0.717) is 5.82 Å². The van der Waals surface area contributed by atoms with Crippen LogP contribution in [0.2, 0.25) is 0 Å². The van der Waals surface area contributed by atoms with Crippen molar-refractivity contribution in [3.8, 4) is 61.8 Å². The zero-order valence-corrected chi connectivity index (χ0v) is 22.5. The minimum absolute atomic E-state index is 0.399. The Hall–Kier alpha value is -5.02. The van der Waals surface area contributed by atoms with Crippen molar-refractivity contribution in [2.24, 2.45) is 0 Å². The normalized spacial score (nSPS) is 13.2. The Bertz CT molecular complexity index is 1840. The van der Waals surface area contributed by atoms with Gasteiger partial charge in [-0.05, 0) is 48.2 Å². The highest BCUT2D eigenvalue weighted by Crippen LogP contribution is 2.46. The first-order valence-electron chi connectivity index (χ1n) is 13.6. The van der Waals surface area contributed by atoms with Gasteiger partial charge in [0.05, 0.1) is 5.69 Å². The maximum absolute atomic E-state index is 6.54. The topological polar surface area (TPSA) is 35.0 Å². The Kier molecular flexibility index (Phi) is 5.78. The molecular weight excluding hydrogens is 488 g/mol. The first kappa shape index (κ1) is 24.1. The lowest BCUT2D eigenvalue weighted by Gasteiger charge is -2.35. The molecule has 0 N–H and O–H groups in total. The number of fused-ring (bicyclic) bond motifs is 3. The smallest absolute Gasteiger partial charge is 0.159 e. The minimum atomic E-state index is -0.399. The summed E-state index contributed by atoms with van der Waals surface area (Å²) in [5, 5.41) is 0. The number of benzene rings is 5. The van der Waals surface area contributed by atoms with Crippen LogP contribution in [0.5, 0.6) is 5.75 Å². The van der Waals surface area contributed by atoms with Gasteiger partial charge < -0.3 is 4.74 Å². The van der Waals surface area contributed by atoms with Gasteiger partial charge in [0.25, 0.3) is 0 Å². The Labute approximate surface area is 234 Å². The molecule has 3 heteroatoms. The van der Waals surface area contributed by atoms with Crippen molar-refractivity contribution in [1.82, 2.24) is 9.97 Å². The summed E-state index contributed by atoms with van der Waals surface area (Å²) in [4.78, 5) is 9.85. The Morgan fingerprint density at radius 2 is 1.18 bits per heavy atom. The number of ether oxygens (including phenoxy) is 1. The van der Waals surface area contributed by atoms with Crippen molar-refractivity contribution < 1.29 is 4.74 Å². The number of rotatable bonds is 4. The lowest BCUT2D eigenvalue weighted by atomic mass is 9.85. The number of aromatic nitrogens is 2. The van der Waals surface area contributed by atoms with Gasteiger partial charge in [-0.2, -0.15) is 0 Å². The maximum atomic E-state index is 6.54. The summed E-state index contributed by atoms with van der Waals surface area (Å²) in [5.41, 5.74) is 10.4.